The van der Waals surface area contributed by atoms with E-state index in [-0.39, 0.29) is 30.8 Å². The van der Waals surface area contributed by atoms with E-state index in [9.17, 15) is 14.4 Å². The van der Waals surface area contributed by atoms with E-state index in [2.05, 4.69) is 4.90 Å². The fourth-order valence-corrected chi connectivity index (χ4v) is 4.07. The number of fused-ring (bicyclic) bond motifs is 1. The van der Waals surface area contributed by atoms with Gasteiger partial charge in [-0.05, 0) is 30.3 Å². The first-order chi connectivity index (χ1) is 14.4. The van der Waals surface area contributed by atoms with Crippen molar-refractivity contribution in [3.8, 4) is 0 Å². The van der Waals surface area contributed by atoms with E-state index >= 15 is 0 Å². The van der Waals surface area contributed by atoms with Crippen LogP contribution in [0.4, 0.5) is 11.4 Å². The molecule has 7 nitrogen and oxygen atoms in total. The fourth-order valence-electron chi connectivity index (χ4n) is 3.89. The van der Waals surface area contributed by atoms with Gasteiger partial charge in [0.15, 0.2) is 0 Å². The third-order valence-electron chi connectivity index (χ3n) is 5.54. The summed E-state index contributed by atoms with van der Waals surface area (Å²) in [5.41, 5.74) is 1.96. The van der Waals surface area contributed by atoms with Crippen molar-refractivity contribution in [2.75, 3.05) is 56.1 Å². The quantitative estimate of drug-likeness (QED) is 0.754. The molecule has 0 N–H and O–H groups in total. The second-order valence-corrected chi connectivity index (χ2v) is 7.94. The van der Waals surface area contributed by atoms with Crippen LogP contribution < -0.4 is 9.80 Å². The number of hydrogen-bond donors (Lipinski definition) is 0. The number of amides is 3. The number of hydrogen-bond acceptors (Lipinski definition) is 4. The summed E-state index contributed by atoms with van der Waals surface area (Å²) in [6.45, 7) is 2.38. The third kappa shape index (κ3) is 3.98. The first-order valence-electron chi connectivity index (χ1n) is 9.87. The van der Waals surface area contributed by atoms with Crippen LogP contribution >= 0.6 is 11.6 Å². The van der Waals surface area contributed by atoms with Crippen molar-refractivity contribution in [2.45, 2.75) is 0 Å². The Labute approximate surface area is 180 Å². The van der Waals surface area contributed by atoms with Gasteiger partial charge in [-0.25, -0.2) is 0 Å². The number of likely N-dealkylation sites (N-methyl/N-ethyl adjacent to an activating group) is 1. The van der Waals surface area contributed by atoms with Gasteiger partial charge in [0.25, 0.3) is 5.91 Å². The maximum atomic E-state index is 13.0. The lowest BCUT2D eigenvalue weighted by Crippen LogP contribution is -2.52. The van der Waals surface area contributed by atoms with Crippen LogP contribution in [0.3, 0.4) is 0 Å². The van der Waals surface area contributed by atoms with Crippen LogP contribution in [0.25, 0.3) is 0 Å². The zero-order valence-corrected chi connectivity index (χ0v) is 17.5. The molecule has 3 amide bonds. The minimum atomic E-state index is -0.262. The highest BCUT2D eigenvalue weighted by Gasteiger charge is 2.32. The number of anilines is 2. The standard InChI is InChI=1S/C22H23ClN4O3/c1-24-14-21(29)27(19-8-3-2-7-18(19)22(24)30)15-20(28)26-11-9-25(10-12-26)17-6-4-5-16(23)13-17/h2-8,13H,9-12,14-15H2,1H3. The Morgan fingerprint density at radius 2 is 1.73 bits per heavy atom. The molecule has 0 bridgehead atoms. The largest absolute Gasteiger partial charge is 0.368 e. The molecule has 1 saturated heterocycles. The first kappa shape index (κ1) is 20.2. The smallest absolute Gasteiger partial charge is 0.256 e. The van der Waals surface area contributed by atoms with Gasteiger partial charge in [-0.2, -0.15) is 0 Å². The maximum absolute atomic E-state index is 13.0. The second-order valence-electron chi connectivity index (χ2n) is 7.51. The summed E-state index contributed by atoms with van der Waals surface area (Å²) < 4.78 is 0. The number of halogens is 1. The topological polar surface area (TPSA) is 64.2 Å². The van der Waals surface area contributed by atoms with Gasteiger partial charge in [0.05, 0.1) is 11.3 Å². The molecule has 0 atom stereocenters. The average Bonchev–Trinajstić information content (AvgIpc) is 2.84. The average molecular weight is 427 g/mol. The molecule has 2 aliphatic rings. The van der Waals surface area contributed by atoms with Crippen LogP contribution in [-0.2, 0) is 9.59 Å². The van der Waals surface area contributed by atoms with Crippen molar-refractivity contribution in [1.29, 1.82) is 0 Å². The highest BCUT2D eigenvalue weighted by Crippen LogP contribution is 2.25. The van der Waals surface area contributed by atoms with Crippen LogP contribution in [0, 0.1) is 0 Å². The summed E-state index contributed by atoms with van der Waals surface area (Å²) in [4.78, 5) is 45.1. The van der Waals surface area contributed by atoms with Crippen LogP contribution in [0.2, 0.25) is 5.02 Å². The Hall–Kier alpha value is -3.06. The highest BCUT2D eigenvalue weighted by atomic mass is 35.5. The van der Waals surface area contributed by atoms with Crippen molar-refractivity contribution >= 4 is 40.7 Å². The zero-order valence-electron chi connectivity index (χ0n) is 16.8. The normalized spacial score (nSPS) is 17.1. The summed E-state index contributed by atoms with van der Waals surface area (Å²) >= 11 is 6.08. The lowest BCUT2D eigenvalue weighted by atomic mass is 10.1. The van der Waals surface area contributed by atoms with E-state index in [0.29, 0.717) is 42.5 Å². The number of carbonyl (C=O) groups is 3. The van der Waals surface area contributed by atoms with Crippen molar-refractivity contribution in [3.05, 3.63) is 59.1 Å². The van der Waals surface area contributed by atoms with Gasteiger partial charge < -0.3 is 19.6 Å². The van der Waals surface area contributed by atoms with E-state index in [1.807, 2.05) is 24.3 Å². The monoisotopic (exact) mass is 426 g/mol. The predicted octanol–water partition coefficient (Wildman–Crippen LogP) is 2.11. The SMILES string of the molecule is CN1CC(=O)N(CC(=O)N2CCN(c3cccc(Cl)c3)CC2)c2ccccc2C1=O. The minimum absolute atomic E-state index is 0.0522. The predicted molar refractivity (Wildman–Crippen MR) is 116 cm³/mol. The van der Waals surface area contributed by atoms with Gasteiger partial charge in [-0.3, -0.25) is 14.4 Å². The molecule has 156 valence electrons. The fraction of sp³-hybridized carbons (Fsp3) is 0.318. The number of piperazine rings is 1. The summed E-state index contributed by atoms with van der Waals surface area (Å²) in [5.74, 6) is -0.605. The molecular formula is C22H23ClN4O3. The zero-order chi connectivity index (χ0) is 21.3. The van der Waals surface area contributed by atoms with E-state index in [4.69, 9.17) is 11.6 Å². The Bertz CT molecular complexity index is 988. The van der Waals surface area contributed by atoms with Gasteiger partial charge in [-0.15, -0.1) is 0 Å². The van der Waals surface area contributed by atoms with Crippen molar-refractivity contribution in [3.63, 3.8) is 0 Å². The van der Waals surface area contributed by atoms with Gasteiger partial charge >= 0.3 is 0 Å². The molecule has 0 spiro atoms. The Morgan fingerprint density at radius 3 is 2.47 bits per heavy atom. The molecule has 2 aromatic carbocycles. The Morgan fingerprint density at radius 1 is 1.00 bits per heavy atom. The van der Waals surface area contributed by atoms with Crippen LogP contribution in [-0.4, -0.2) is 73.8 Å². The van der Waals surface area contributed by atoms with Crippen molar-refractivity contribution in [1.82, 2.24) is 9.80 Å². The third-order valence-corrected chi connectivity index (χ3v) is 5.78. The summed E-state index contributed by atoms with van der Waals surface area (Å²) in [6, 6.07) is 14.6. The van der Waals surface area contributed by atoms with Crippen LogP contribution in [0.15, 0.2) is 48.5 Å². The van der Waals surface area contributed by atoms with E-state index in [0.717, 1.165) is 5.69 Å². The van der Waals surface area contributed by atoms with Crippen LogP contribution in [0.5, 0.6) is 0 Å². The summed E-state index contributed by atoms with van der Waals surface area (Å²) in [5, 5.41) is 0.684. The number of para-hydroxylation sites is 1. The van der Waals surface area contributed by atoms with Gasteiger partial charge in [0, 0.05) is 43.9 Å². The Kier molecular flexibility index (Phi) is 5.63. The van der Waals surface area contributed by atoms with Crippen LogP contribution in [0.1, 0.15) is 10.4 Å². The lowest BCUT2D eigenvalue weighted by Gasteiger charge is -2.37. The number of carbonyl (C=O) groups excluding carboxylic acids is 3. The molecule has 4 rings (SSSR count). The first-order valence-corrected chi connectivity index (χ1v) is 10.2. The summed E-state index contributed by atoms with van der Waals surface area (Å²) in [7, 11) is 1.59. The number of benzene rings is 2. The molecule has 30 heavy (non-hydrogen) atoms. The molecule has 0 unspecified atom stereocenters. The molecular weight excluding hydrogens is 404 g/mol. The van der Waals surface area contributed by atoms with Crippen molar-refractivity contribution < 1.29 is 14.4 Å². The van der Waals surface area contributed by atoms with Gasteiger partial charge in [0.1, 0.15) is 13.1 Å². The Balaban J connectivity index is 1.46. The molecule has 1 fully saturated rings. The van der Waals surface area contributed by atoms with E-state index in [1.165, 1.54) is 9.80 Å². The van der Waals surface area contributed by atoms with Gasteiger partial charge in [0.2, 0.25) is 11.8 Å². The summed E-state index contributed by atoms with van der Waals surface area (Å²) in [6.07, 6.45) is 0. The molecule has 2 aromatic rings. The lowest BCUT2D eigenvalue weighted by molar-refractivity contribution is -0.131. The molecule has 2 aliphatic heterocycles. The number of nitrogens with zero attached hydrogens (tertiary/aromatic N) is 4. The molecule has 0 aliphatic carbocycles. The molecule has 0 saturated carbocycles. The van der Waals surface area contributed by atoms with E-state index < -0.39 is 0 Å². The van der Waals surface area contributed by atoms with E-state index in [1.54, 1.807) is 36.2 Å². The second kappa shape index (κ2) is 8.36. The van der Waals surface area contributed by atoms with Gasteiger partial charge in [-0.1, -0.05) is 29.8 Å². The molecule has 8 heteroatoms. The minimum Gasteiger partial charge on any atom is -0.368 e. The molecule has 0 aromatic heterocycles. The number of rotatable bonds is 3. The van der Waals surface area contributed by atoms with Crippen molar-refractivity contribution in [2.24, 2.45) is 0 Å². The molecule has 0 radical (unpaired) electrons. The highest BCUT2D eigenvalue weighted by molar-refractivity contribution is 6.30. The molecule has 2 heterocycles. The maximum Gasteiger partial charge on any atom is 0.256 e.